The van der Waals surface area contributed by atoms with Gasteiger partial charge in [-0.15, -0.1) is 0 Å². The van der Waals surface area contributed by atoms with Crippen molar-refractivity contribution in [1.29, 1.82) is 0 Å². The minimum Gasteiger partial charge on any atom is -0.322 e. The summed E-state index contributed by atoms with van der Waals surface area (Å²) in [5.74, 6) is -0.211. The van der Waals surface area contributed by atoms with Gasteiger partial charge in [-0.25, -0.2) is 8.42 Å². The van der Waals surface area contributed by atoms with Crippen LogP contribution in [0.4, 0.5) is 11.4 Å². The van der Waals surface area contributed by atoms with Crippen molar-refractivity contribution in [2.24, 2.45) is 0 Å². The summed E-state index contributed by atoms with van der Waals surface area (Å²) in [6.07, 6.45) is 1.97. The third kappa shape index (κ3) is 5.40. The van der Waals surface area contributed by atoms with Crippen LogP contribution in [0, 0.1) is 0 Å². The summed E-state index contributed by atoms with van der Waals surface area (Å²) in [6, 6.07) is 21.3. The molecule has 0 atom stereocenters. The maximum Gasteiger partial charge on any atom is 0.255 e. The quantitative estimate of drug-likeness (QED) is 0.552. The third-order valence-corrected chi connectivity index (χ3v) is 6.06. The number of amides is 1. The van der Waals surface area contributed by atoms with Crippen LogP contribution in [-0.4, -0.2) is 20.6 Å². The van der Waals surface area contributed by atoms with Gasteiger partial charge in [0.1, 0.15) is 0 Å². The normalized spacial score (nSPS) is 11.2. The smallest absolute Gasteiger partial charge is 0.255 e. The minimum atomic E-state index is -3.51. The maximum absolute atomic E-state index is 12.6. The minimum absolute atomic E-state index is 0.139. The largest absolute Gasteiger partial charge is 0.322 e. The Morgan fingerprint density at radius 3 is 2.33 bits per heavy atom. The molecular formula is C23H23ClN2O3S. The van der Waals surface area contributed by atoms with Gasteiger partial charge in [0, 0.05) is 16.3 Å². The number of rotatable bonds is 7. The number of nitrogens with zero attached hydrogens (tertiary/aromatic N) is 1. The lowest BCUT2D eigenvalue weighted by Crippen LogP contribution is -2.29. The highest BCUT2D eigenvalue weighted by molar-refractivity contribution is 7.92. The summed E-state index contributed by atoms with van der Waals surface area (Å²) >= 11 is 6.02. The second-order valence-corrected chi connectivity index (χ2v) is 9.25. The Labute approximate surface area is 182 Å². The Balaban J connectivity index is 1.78. The van der Waals surface area contributed by atoms with E-state index in [1.54, 1.807) is 48.5 Å². The van der Waals surface area contributed by atoms with Gasteiger partial charge in [-0.1, -0.05) is 54.9 Å². The maximum atomic E-state index is 12.6. The Bertz CT molecular complexity index is 1150. The first-order valence-electron chi connectivity index (χ1n) is 9.49. The van der Waals surface area contributed by atoms with Crippen molar-refractivity contribution in [1.82, 2.24) is 0 Å². The average Bonchev–Trinajstić information content (AvgIpc) is 2.72. The average molecular weight is 443 g/mol. The lowest BCUT2D eigenvalue weighted by Gasteiger charge is -2.22. The van der Waals surface area contributed by atoms with Crippen molar-refractivity contribution in [2.45, 2.75) is 19.9 Å². The van der Waals surface area contributed by atoms with Gasteiger partial charge in [0.05, 0.1) is 18.5 Å². The summed E-state index contributed by atoms with van der Waals surface area (Å²) in [6.45, 7) is 2.17. The van der Waals surface area contributed by atoms with Crippen molar-refractivity contribution in [2.75, 3.05) is 15.9 Å². The highest BCUT2D eigenvalue weighted by Gasteiger charge is 2.18. The lowest BCUT2D eigenvalue weighted by atomic mass is 10.1. The molecule has 0 spiro atoms. The summed E-state index contributed by atoms with van der Waals surface area (Å²) < 4.78 is 25.9. The van der Waals surface area contributed by atoms with E-state index in [-0.39, 0.29) is 12.5 Å². The fourth-order valence-electron chi connectivity index (χ4n) is 3.10. The Morgan fingerprint density at radius 1 is 1.00 bits per heavy atom. The van der Waals surface area contributed by atoms with Crippen molar-refractivity contribution in [3.63, 3.8) is 0 Å². The molecular weight excluding hydrogens is 420 g/mol. The van der Waals surface area contributed by atoms with Crippen LogP contribution in [0.5, 0.6) is 0 Å². The van der Waals surface area contributed by atoms with Crippen LogP contribution >= 0.6 is 11.6 Å². The number of aryl methyl sites for hydroxylation is 1. The molecule has 3 rings (SSSR count). The first kappa shape index (κ1) is 21.9. The van der Waals surface area contributed by atoms with Gasteiger partial charge in [-0.2, -0.15) is 0 Å². The molecule has 5 nitrogen and oxygen atoms in total. The topological polar surface area (TPSA) is 66.5 Å². The van der Waals surface area contributed by atoms with Gasteiger partial charge in [0.2, 0.25) is 10.0 Å². The fourth-order valence-corrected chi connectivity index (χ4v) is 4.17. The third-order valence-electron chi connectivity index (χ3n) is 4.69. The van der Waals surface area contributed by atoms with Crippen LogP contribution in [0.15, 0.2) is 72.8 Å². The number of carbonyl (C=O) groups excluding carboxylic acids is 1. The summed E-state index contributed by atoms with van der Waals surface area (Å²) in [4.78, 5) is 12.6. The first-order valence-corrected chi connectivity index (χ1v) is 11.7. The molecule has 0 fully saturated rings. The van der Waals surface area contributed by atoms with Gasteiger partial charge in [0.15, 0.2) is 0 Å². The molecule has 156 valence electrons. The molecule has 0 saturated carbocycles. The van der Waals surface area contributed by atoms with Crippen molar-refractivity contribution in [3.05, 3.63) is 94.5 Å². The summed E-state index contributed by atoms with van der Waals surface area (Å²) in [5.41, 5.74) is 3.60. The Kier molecular flexibility index (Phi) is 6.80. The molecule has 0 saturated heterocycles. The SMILES string of the molecule is CCc1ccccc1NC(=O)c1ccc(CN(c2cccc(Cl)c2)S(C)(=O)=O)cc1. The molecule has 0 aromatic heterocycles. The zero-order valence-electron chi connectivity index (χ0n) is 16.8. The van der Waals surface area contributed by atoms with Gasteiger partial charge >= 0.3 is 0 Å². The second kappa shape index (κ2) is 9.32. The van der Waals surface area contributed by atoms with Crippen LogP contribution in [0.1, 0.15) is 28.4 Å². The Hall–Kier alpha value is -2.83. The number of nitrogens with one attached hydrogen (secondary N) is 1. The van der Waals surface area contributed by atoms with E-state index in [9.17, 15) is 13.2 Å². The monoisotopic (exact) mass is 442 g/mol. The molecule has 0 heterocycles. The molecule has 30 heavy (non-hydrogen) atoms. The van der Waals surface area contributed by atoms with E-state index in [1.807, 2.05) is 31.2 Å². The van der Waals surface area contributed by atoms with Gasteiger partial charge in [-0.3, -0.25) is 9.10 Å². The highest BCUT2D eigenvalue weighted by Crippen LogP contribution is 2.24. The van der Waals surface area contributed by atoms with Crippen LogP contribution in [0.25, 0.3) is 0 Å². The summed E-state index contributed by atoms with van der Waals surface area (Å²) in [5, 5.41) is 3.39. The van der Waals surface area contributed by atoms with Crippen molar-refractivity contribution >= 4 is 38.9 Å². The molecule has 0 bridgehead atoms. The van der Waals surface area contributed by atoms with E-state index in [2.05, 4.69) is 5.32 Å². The van der Waals surface area contributed by atoms with Crippen LogP contribution < -0.4 is 9.62 Å². The number of hydrogen-bond acceptors (Lipinski definition) is 3. The highest BCUT2D eigenvalue weighted by atomic mass is 35.5. The molecule has 0 unspecified atom stereocenters. The standard InChI is InChI=1S/C23H23ClN2O3S/c1-3-18-7-4-5-10-22(18)25-23(27)19-13-11-17(12-14-19)16-26(30(2,28)29)21-9-6-8-20(24)15-21/h4-15H,3,16H2,1-2H3,(H,25,27). The molecule has 7 heteroatoms. The Morgan fingerprint density at radius 2 is 1.70 bits per heavy atom. The van der Waals surface area contributed by atoms with Crippen LogP contribution in [-0.2, 0) is 23.0 Å². The van der Waals surface area contributed by atoms with E-state index in [4.69, 9.17) is 11.6 Å². The number of benzene rings is 3. The molecule has 1 amide bonds. The molecule has 3 aromatic carbocycles. The zero-order chi connectivity index (χ0) is 21.7. The number of carbonyl (C=O) groups is 1. The van der Waals surface area contributed by atoms with E-state index in [0.29, 0.717) is 16.3 Å². The lowest BCUT2D eigenvalue weighted by molar-refractivity contribution is 0.102. The van der Waals surface area contributed by atoms with Crippen LogP contribution in [0.3, 0.4) is 0 Å². The van der Waals surface area contributed by atoms with Crippen LogP contribution in [0.2, 0.25) is 5.02 Å². The second-order valence-electron chi connectivity index (χ2n) is 6.91. The predicted molar refractivity (Wildman–Crippen MR) is 123 cm³/mol. The van der Waals surface area contributed by atoms with E-state index >= 15 is 0 Å². The number of hydrogen-bond donors (Lipinski definition) is 1. The molecule has 3 aromatic rings. The van der Waals surface area contributed by atoms with Gasteiger partial charge in [0.25, 0.3) is 5.91 Å². The number of para-hydroxylation sites is 1. The first-order chi connectivity index (χ1) is 14.3. The fraction of sp³-hybridized carbons (Fsp3) is 0.174. The van der Waals surface area contributed by atoms with Crippen molar-refractivity contribution in [3.8, 4) is 0 Å². The molecule has 0 aliphatic carbocycles. The molecule has 0 aliphatic heterocycles. The van der Waals surface area contributed by atoms with Crippen molar-refractivity contribution < 1.29 is 13.2 Å². The van der Waals surface area contributed by atoms with E-state index in [0.717, 1.165) is 29.5 Å². The van der Waals surface area contributed by atoms with E-state index in [1.165, 1.54) is 4.31 Å². The number of anilines is 2. The predicted octanol–water partition coefficient (Wildman–Crippen LogP) is 5.12. The summed E-state index contributed by atoms with van der Waals surface area (Å²) in [7, 11) is -3.51. The van der Waals surface area contributed by atoms with Gasteiger partial charge in [-0.05, 0) is 53.9 Å². The number of sulfonamides is 1. The molecule has 0 aliphatic rings. The zero-order valence-corrected chi connectivity index (χ0v) is 18.4. The number of halogens is 1. The molecule has 1 N–H and O–H groups in total. The van der Waals surface area contributed by atoms with Gasteiger partial charge < -0.3 is 5.32 Å². The molecule has 0 radical (unpaired) electrons. The van der Waals surface area contributed by atoms with E-state index < -0.39 is 10.0 Å².